The lowest BCUT2D eigenvalue weighted by atomic mass is 10.1. The molecule has 20 heavy (non-hydrogen) atoms. The van der Waals surface area contributed by atoms with E-state index in [9.17, 15) is 13.2 Å². The number of nitrogens with zero attached hydrogens (tertiary/aromatic N) is 2. The Kier molecular flexibility index (Phi) is 5.20. The first-order valence-corrected chi connectivity index (χ1v) is 7.48. The summed E-state index contributed by atoms with van der Waals surface area (Å²) in [6, 6.07) is 1.17. The minimum Gasteiger partial charge on any atom is -0.364 e. The molecule has 2 rings (SSSR count). The van der Waals surface area contributed by atoms with Crippen LogP contribution < -0.4 is 11.5 Å². The third-order valence-corrected chi connectivity index (χ3v) is 5.12. The Balaban J connectivity index is 0.00000200. The van der Waals surface area contributed by atoms with Gasteiger partial charge in [0.15, 0.2) is 0 Å². The van der Waals surface area contributed by atoms with Crippen LogP contribution in [0.4, 0.5) is 0 Å². The number of nitrogens with two attached hydrogens (primary N) is 2. The number of sulfonamides is 1. The quantitative estimate of drug-likeness (QED) is 0.792. The van der Waals surface area contributed by atoms with E-state index in [2.05, 4.69) is 0 Å². The molecule has 9 heteroatoms. The fourth-order valence-electron chi connectivity index (χ4n) is 2.26. The van der Waals surface area contributed by atoms with E-state index in [1.807, 2.05) is 0 Å². The van der Waals surface area contributed by atoms with Gasteiger partial charge in [-0.05, 0) is 18.9 Å². The van der Waals surface area contributed by atoms with Gasteiger partial charge < -0.3 is 16.0 Å². The third-order valence-electron chi connectivity index (χ3n) is 3.29. The molecule has 0 spiro atoms. The summed E-state index contributed by atoms with van der Waals surface area (Å²) in [7, 11) is -2.02. The monoisotopic (exact) mass is 322 g/mol. The minimum absolute atomic E-state index is 0. The molecule has 1 aliphatic heterocycles. The van der Waals surface area contributed by atoms with Gasteiger partial charge in [0.05, 0.1) is 0 Å². The molecule has 1 aromatic heterocycles. The van der Waals surface area contributed by atoms with Gasteiger partial charge in [-0.2, -0.15) is 4.31 Å². The van der Waals surface area contributed by atoms with Crippen LogP contribution in [0.1, 0.15) is 23.3 Å². The molecule has 1 amide bonds. The van der Waals surface area contributed by atoms with Crippen molar-refractivity contribution in [3.63, 3.8) is 0 Å². The minimum atomic E-state index is -3.61. The van der Waals surface area contributed by atoms with E-state index in [0.29, 0.717) is 13.1 Å². The van der Waals surface area contributed by atoms with E-state index in [-0.39, 0.29) is 29.0 Å². The van der Waals surface area contributed by atoms with Crippen molar-refractivity contribution in [2.24, 2.45) is 18.5 Å². The van der Waals surface area contributed by atoms with E-state index in [0.717, 1.165) is 12.8 Å². The average molecular weight is 323 g/mol. The van der Waals surface area contributed by atoms with Gasteiger partial charge in [0.25, 0.3) is 5.91 Å². The lowest BCUT2D eigenvalue weighted by molar-refractivity contribution is 0.0992. The number of aryl methyl sites for hydroxylation is 1. The predicted molar refractivity (Wildman–Crippen MR) is 77.1 cm³/mol. The molecule has 0 bridgehead atoms. The van der Waals surface area contributed by atoms with Gasteiger partial charge in [-0.3, -0.25) is 4.79 Å². The molecule has 0 unspecified atom stereocenters. The summed E-state index contributed by atoms with van der Waals surface area (Å²) >= 11 is 0. The molecule has 1 fully saturated rings. The highest BCUT2D eigenvalue weighted by Crippen LogP contribution is 2.21. The van der Waals surface area contributed by atoms with E-state index in [1.54, 1.807) is 7.05 Å². The van der Waals surface area contributed by atoms with Gasteiger partial charge in [-0.1, -0.05) is 0 Å². The number of carbonyl (C=O) groups is 1. The summed E-state index contributed by atoms with van der Waals surface area (Å²) in [5, 5.41) is 0. The van der Waals surface area contributed by atoms with Crippen molar-refractivity contribution >= 4 is 28.3 Å². The largest absolute Gasteiger partial charge is 0.364 e. The second kappa shape index (κ2) is 6.13. The van der Waals surface area contributed by atoms with Gasteiger partial charge in [0.1, 0.15) is 10.6 Å². The SMILES string of the molecule is Cl.Cn1cc(S(=O)(=O)N2CCC[C@@H](N)C2)cc1C(N)=O. The molecule has 2 heterocycles. The highest BCUT2D eigenvalue weighted by molar-refractivity contribution is 7.89. The van der Waals surface area contributed by atoms with Gasteiger partial charge in [0, 0.05) is 32.4 Å². The zero-order chi connectivity index (χ0) is 14.2. The first-order valence-electron chi connectivity index (χ1n) is 6.04. The summed E-state index contributed by atoms with van der Waals surface area (Å²) < 4.78 is 27.6. The molecule has 114 valence electrons. The second-order valence-corrected chi connectivity index (χ2v) is 6.74. The molecule has 1 aromatic rings. The number of amides is 1. The van der Waals surface area contributed by atoms with Crippen LogP contribution in [0.25, 0.3) is 0 Å². The van der Waals surface area contributed by atoms with Crippen LogP contribution in [0.5, 0.6) is 0 Å². The normalized spacial score (nSPS) is 20.4. The summed E-state index contributed by atoms with van der Waals surface area (Å²) in [5.41, 5.74) is 11.1. The van der Waals surface area contributed by atoms with Crippen molar-refractivity contribution in [3.8, 4) is 0 Å². The Labute approximate surface area is 124 Å². The van der Waals surface area contributed by atoms with Crippen molar-refractivity contribution in [2.45, 2.75) is 23.8 Å². The first kappa shape index (κ1) is 17.0. The number of aromatic nitrogens is 1. The van der Waals surface area contributed by atoms with Crippen LogP contribution in [0.15, 0.2) is 17.2 Å². The molecule has 0 saturated carbocycles. The highest BCUT2D eigenvalue weighted by atomic mass is 35.5. The Morgan fingerprint density at radius 1 is 1.45 bits per heavy atom. The van der Waals surface area contributed by atoms with Crippen LogP contribution in [0.2, 0.25) is 0 Å². The molecule has 7 nitrogen and oxygen atoms in total. The lowest BCUT2D eigenvalue weighted by Gasteiger charge is -2.29. The standard InChI is InChI=1S/C11H18N4O3S.ClH/c1-14-7-9(5-10(14)11(13)16)19(17,18)15-4-2-3-8(12)6-15;/h5,7-8H,2-4,6,12H2,1H3,(H2,13,16);1H/t8-;/m1./s1. The van der Waals surface area contributed by atoms with E-state index < -0.39 is 15.9 Å². The van der Waals surface area contributed by atoms with Crippen LogP contribution in [-0.4, -0.2) is 42.3 Å². The molecule has 1 saturated heterocycles. The molecule has 1 aliphatic rings. The molecule has 0 aromatic carbocycles. The van der Waals surface area contributed by atoms with Crippen LogP contribution in [-0.2, 0) is 17.1 Å². The summed E-state index contributed by atoms with van der Waals surface area (Å²) in [6.07, 6.45) is 2.97. The predicted octanol–water partition coefficient (Wildman–Crippen LogP) is -0.342. The molecule has 0 radical (unpaired) electrons. The lowest BCUT2D eigenvalue weighted by Crippen LogP contribution is -2.45. The maximum absolute atomic E-state index is 12.4. The zero-order valence-corrected chi connectivity index (χ0v) is 12.8. The van der Waals surface area contributed by atoms with Crippen molar-refractivity contribution < 1.29 is 13.2 Å². The van der Waals surface area contributed by atoms with E-state index >= 15 is 0 Å². The van der Waals surface area contributed by atoms with Gasteiger partial charge in [-0.25, -0.2) is 8.42 Å². The number of hydrogen-bond acceptors (Lipinski definition) is 4. The average Bonchev–Trinajstić information content (AvgIpc) is 2.72. The third kappa shape index (κ3) is 3.14. The Bertz CT molecular complexity index is 599. The molecule has 0 aliphatic carbocycles. The van der Waals surface area contributed by atoms with Gasteiger partial charge in [0.2, 0.25) is 10.0 Å². The number of halogens is 1. The second-order valence-electron chi connectivity index (χ2n) is 4.80. The summed E-state index contributed by atoms with van der Waals surface area (Å²) in [6.45, 7) is 0.764. The number of primary amides is 1. The first-order chi connectivity index (χ1) is 8.82. The number of rotatable bonds is 3. The number of hydrogen-bond donors (Lipinski definition) is 2. The Morgan fingerprint density at radius 3 is 2.60 bits per heavy atom. The van der Waals surface area contributed by atoms with Crippen LogP contribution >= 0.6 is 12.4 Å². The Hall–Kier alpha value is -1.09. The zero-order valence-electron chi connectivity index (χ0n) is 11.2. The summed E-state index contributed by atoms with van der Waals surface area (Å²) in [5.74, 6) is -0.653. The fraction of sp³-hybridized carbons (Fsp3) is 0.545. The maximum Gasteiger partial charge on any atom is 0.265 e. The van der Waals surface area contributed by atoms with Crippen molar-refractivity contribution in [2.75, 3.05) is 13.1 Å². The van der Waals surface area contributed by atoms with E-state index in [1.165, 1.54) is 21.1 Å². The van der Waals surface area contributed by atoms with Crippen molar-refractivity contribution in [3.05, 3.63) is 18.0 Å². The molecule has 1 atom stereocenters. The van der Waals surface area contributed by atoms with Gasteiger partial charge >= 0.3 is 0 Å². The molecule has 4 N–H and O–H groups in total. The maximum atomic E-state index is 12.4. The van der Waals surface area contributed by atoms with Crippen molar-refractivity contribution in [1.82, 2.24) is 8.87 Å². The molecular weight excluding hydrogens is 304 g/mol. The smallest absolute Gasteiger partial charge is 0.265 e. The van der Waals surface area contributed by atoms with E-state index in [4.69, 9.17) is 11.5 Å². The fourth-order valence-corrected chi connectivity index (χ4v) is 3.87. The molecular formula is C11H19ClN4O3S. The van der Waals surface area contributed by atoms with Crippen LogP contribution in [0.3, 0.4) is 0 Å². The van der Waals surface area contributed by atoms with Crippen LogP contribution in [0, 0.1) is 0 Å². The Morgan fingerprint density at radius 2 is 2.10 bits per heavy atom. The topological polar surface area (TPSA) is 111 Å². The number of carbonyl (C=O) groups excluding carboxylic acids is 1. The number of piperidine rings is 1. The van der Waals surface area contributed by atoms with Crippen molar-refractivity contribution in [1.29, 1.82) is 0 Å². The highest BCUT2D eigenvalue weighted by Gasteiger charge is 2.30. The summed E-state index contributed by atoms with van der Waals surface area (Å²) in [4.78, 5) is 11.2. The van der Waals surface area contributed by atoms with Gasteiger partial charge in [-0.15, -0.1) is 12.4 Å².